The molecule has 0 saturated heterocycles. The molecule has 0 saturated carbocycles. The summed E-state index contributed by atoms with van der Waals surface area (Å²) in [7, 11) is 2.98. The number of alkyl halides is 3. The summed E-state index contributed by atoms with van der Waals surface area (Å²) in [6.45, 7) is 1.62. The molecule has 1 unspecified atom stereocenters. The van der Waals surface area contributed by atoms with Crippen LogP contribution in [0.3, 0.4) is 0 Å². The highest BCUT2D eigenvalue weighted by Crippen LogP contribution is 2.28. The Morgan fingerprint density at radius 2 is 1.75 bits per heavy atom. The molecule has 11 heteroatoms. The van der Waals surface area contributed by atoms with Crippen LogP contribution in [0.5, 0.6) is 11.5 Å². The number of halogens is 3. The van der Waals surface area contributed by atoms with Gasteiger partial charge in [-0.2, -0.15) is 22.7 Å². The Morgan fingerprint density at radius 1 is 1.11 bits per heavy atom. The molecule has 2 N–H and O–H groups in total. The molecule has 0 amide bonds. The van der Waals surface area contributed by atoms with E-state index in [0.717, 1.165) is 4.52 Å². The Balaban J connectivity index is 1.86. The Bertz CT molecular complexity index is 968. The number of nitrogens with zero attached hydrogens (tertiary/aromatic N) is 4. The minimum atomic E-state index is -4.68. The fourth-order valence-corrected chi connectivity index (χ4v) is 2.57. The van der Waals surface area contributed by atoms with Gasteiger partial charge in [0.2, 0.25) is 0 Å². The van der Waals surface area contributed by atoms with Gasteiger partial charge < -0.3 is 19.9 Å². The van der Waals surface area contributed by atoms with Crippen LogP contribution in [0.2, 0.25) is 0 Å². The maximum absolute atomic E-state index is 12.9. The molecule has 3 rings (SSSR count). The third-order valence-electron chi connectivity index (χ3n) is 3.93. The molecule has 0 radical (unpaired) electrons. The topological polar surface area (TPSA) is 93.8 Å². The van der Waals surface area contributed by atoms with Gasteiger partial charge in [0.1, 0.15) is 17.3 Å². The number of methoxy groups -OCH3 is 2. The van der Waals surface area contributed by atoms with Crippen LogP contribution >= 0.6 is 0 Å². The summed E-state index contributed by atoms with van der Waals surface area (Å²) < 4.78 is 50.0. The van der Waals surface area contributed by atoms with Crippen LogP contribution in [-0.4, -0.2) is 45.5 Å². The van der Waals surface area contributed by atoms with Crippen LogP contribution in [0, 0.1) is 6.92 Å². The lowest BCUT2D eigenvalue weighted by Gasteiger charge is -2.16. The van der Waals surface area contributed by atoms with Crippen LogP contribution < -0.4 is 14.8 Å². The molecule has 2 aromatic heterocycles. The number of aliphatic hydroxyl groups is 1. The van der Waals surface area contributed by atoms with Crippen LogP contribution in [0.4, 0.5) is 19.0 Å². The largest absolute Gasteiger partial charge is 0.497 e. The molecule has 28 heavy (non-hydrogen) atoms. The van der Waals surface area contributed by atoms with E-state index < -0.39 is 18.1 Å². The van der Waals surface area contributed by atoms with E-state index in [2.05, 4.69) is 20.4 Å². The van der Waals surface area contributed by atoms with Gasteiger partial charge in [-0.25, -0.2) is 4.98 Å². The van der Waals surface area contributed by atoms with Crippen molar-refractivity contribution in [1.82, 2.24) is 19.6 Å². The van der Waals surface area contributed by atoms with E-state index in [1.807, 2.05) is 0 Å². The van der Waals surface area contributed by atoms with E-state index in [-0.39, 0.29) is 18.1 Å². The summed E-state index contributed by atoms with van der Waals surface area (Å²) in [6.07, 6.45) is -5.67. The number of nitrogens with one attached hydrogen (secondary N) is 1. The van der Waals surface area contributed by atoms with Gasteiger partial charge in [-0.05, 0) is 24.6 Å². The zero-order valence-electron chi connectivity index (χ0n) is 15.3. The van der Waals surface area contributed by atoms with Crippen LogP contribution in [0.15, 0.2) is 24.3 Å². The molecule has 0 fully saturated rings. The lowest BCUT2D eigenvalue weighted by atomic mass is 10.1. The van der Waals surface area contributed by atoms with E-state index >= 15 is 0 Å². The van der Waals surface area contributed by atoms with Crippen molar-refractivity contribution in [2.24, 2.45) is 0 Å². The molecule has 8 nitrogen and oxygen atoms in total. The molecular formula is C17H18F3N5O3. The first-order valence-corrected chi connectivity index (χ1v) is 8.18. The molecule has 1 aromatic carbocycles. The van der Waals surface area contributed by atoms with Gasteiger partial charge in [0, 0.05) is 24.4 Å². The lowest BCUT2D eigenvalue weighted by Crippen LogP contribution is -2.15. The molecular weight excluding hydrogens is 379 g/mol. The maximum atomic E-state index is 12.9. The summed E-state index contributed by atoms with van der Waals surface area (Å²) in [5, 5.41) is 16.8. The second kappa shape index (κ2) is 7.50. The second-order valence-electron chi connectivity index (χ2n) is 5.97. The average molecular weight is 397 g/mol. The molecule has 2 heterocycles. The Morgan fingerprint density at radius 3 is 2.32 bits per heavy atom. The monoisotopic (exact) mass is 397 g/mol. The van der Waals surface area contributed by atoms with E-state index in [1.54, 1.807) is 25.1 Å². The average Bonchev–Trinajstić information content (AvgIpc) is 3.09. The molecule has 3 aromatic rings. The first-order chi connectivity index (χ1) is 13.2. The highest BCUT2D eigenvalue weighted by molar-refractivity contribution is 5.46. The smallest absolute Gasteiger partial charge is 0.453 e. The highest BCUT2D eigenvalue weighted by Gasteiger charge is 2.36. The van der Waals surface area contributed by atoms with Crippen molar-refractivity contribution in [3.8, 4) is 11.5 Å². The third kappa shape index (κ3) is 4.09. The van der Waals surface area contributed by atoms with Crippen molar-refractivity contribution in [2.75, 3.05) is 26.1 Å². The Kier molecular flexibility index (Phi) is 5.27. The van der Waals surface area contributed by atoms with Gasteiger partial charge in [0.25, 0.3) is 11.6 Å². The number of rotatable bonds is 6. The van der Waals surface area contributed by atoms with E-state index in [0.29, 0.717) is 22.8 Å². The number of aromatic nitrogens is 4. The second-order valence-corrected chi connectivity index (χ2v) is 5.97. The molecule has 0 aliphatic rings. The molecule has 0 bridgehead atoms. The lowest BCUT2D eigenvalue weighted by molar-refractivity contribution is -0.144. The van der Waals surface area contributed by atoms with Crippen molar-refractivity contribution in [1.29, 1.82) is 0 Å². The maximum Gasteiger partial charge on any atom is 0.453 e. The minimum absolute atomic E-state index is 0.00388. The molecule has 0 aliphatic heterocycles. The number of benzene rings is 1. The van der Waals surface area contributed by atoms with E-state index in [1.165, 1.54) is 20.3 Å². The number of hydrogen-bond acceptors (Lipinski definition) is 7. The number of aryl methyl sites for hydroxylation is 1. The first kappa shape index (κ1) is 19.7. The molecule has 0 aliphatic carbocycles. The van der Waals surface area contributed by atoms with Crippen molar-refractivity contribution in [2.45, 2.75) is 19.2 Å². The number of anilines is 1. The summed E-state index contributed by atoms with van der Waals surface area (Å²) in [5.74, 6) is -0.248. The fourth-order valence-electron chi connectivity index (χ4n) is 2.57. The van der Waals surface area contributed by atoms with Crippen molar-refractivity contribution in [3.63, 3.8) is 0 Å². The van der Waals surface area contributed by atoms with Crippen LogP contribution in [-0.2, 0) is 6.18 Å². The van der Waals surface area contributed by atoms with Crippen LogP contribution in [0.1, 0.15) is 23.2 Å². The van der Waals surface area contributed by atoms with E-state index in [4.69, 9.17) is 9.47 Å². The zero-order valence-corrected chi connectivity index (χ0v) is 15.3. The predicted octanol–water partition coefficient (Wildman–Crippen LogP) is 2.61. The molecule has 150 valence electrons. The number of hydrogen-bond donors (Lipinski definition) is 2. The summed E-state index contributed by atoms with van der Waals surface area (Å²) in [4.78, 5) is 7.37. The third-order valence-corrected chi connectivity index (χ3v) is 3.93. The Hall–Kier alpha value is -3.08. The highest BCUT2D eigenvalue weighted by atomic mass is 19.4. The molecule has 1 atom stereocenters. The van der Waals surface area contributed by atoms with Crippen molar-refractivity contribution < 1.29 is 27.8 Å². The van der Waals surface area contributed by atoms with E-state index in [9.17, 15) is 18.3 Å². The van der Waals surface area contributed by atoms with Gasteiger partial charge in [0.05, 0.1) is 20.3 Å². The number of aliphatic hydroxyl groups excluding tert-OH is 1. The summed E-state index contributed by atoms with van der Waals surface area (Å²) in [6, 6.07) is 6.45. The first-order valence-electron chi connectivity index (χ1n) is 8.18. The fraction of sp³-hybridized carbons (Fsp3) is 0.353. The van der Waals surface area contributed by atoms with Gasteiger partial charge in [-0.1, -0.05) is 0 Å². The molecule has 0 spiro atoms. The SMILES string of the molecule is COc1cc(OC)cc(C(O)CNc2cc(C)nc3nc(C(F)(F)F)nn23)c1. The minimum Gasteiger partial charge on any atom is -0.497 e. The van der Waals surface area contributed by atoms with Crippen molar-refractivity contribution in [3.05, 3.63) is 41.3 Å². The van der Waals surface area contributed by atoms with Crippen LogP contribution in [0.25, 0.3) is 5.78 Å². The Labute approximate surface area is 157 Å². The normalized spacial score (nSPS) is 12.8. The zero-order chi connectivity index (χ0) is 20.5. The van der Waals surface area contributed by atoms with Gasteiger partial charge >= 0.3 is 6.18 Å². The summed E-state index contributed by atoms with van der Waals surface area (Å²) >= 11 is 0. The van der Waals surface area contributed by atoms with Gasteiger partial charge in [-0.15, -0.1) is 5.10 Å². The van der Waals surface area contributed by atoms with Gasteiger partial charge in [-0.3, -0.25) is 0 Å². The van der Waals surface area contributed by atoms with Gasteiger partial charge in [0.15, 0.2) is 0 Å². The number of fused-ring (bicyclic) bond motifs is 1. The van der Waals surface area contributed by atoms with Crippen molar-refractivity contribution >= 4 is 11.6 Å². The predicted molar refractivity (Wildman–Crippen MR) is 93.5 cm³/mol. The quantitative estimate of drug-likeness (QED) is 0.660. The standard InChI is InChI=1S/C17H18F3N5O3/c1-9-4-14(25-16(22-9)23-15(24-25)17(18,19)20)21-8-13(26)10-5-11(27-2)7-12(6-10)28-3/h4-7,13,21,26H,8H2,1-3H3. The number of ether oxygens (including phenoxy) is 2. The summed E-state index contributed by atoms with van der Waals surface area (Å²) in [5.41, 5.74) is 0.967.